The van der Waals surface area contributed by atoms with Crippen molar-refractivity contribution < 1.29 is 9.59 Å². The number of nitriles is 1. The van der Waals surface area contributed by atoms with Crippen LogP contribution in [0.5, 0.6) is 0 Å². The number of nitrogens with two attached hydrogens (primary N) is 1. The SMILES string of the molecule is CC(=O)c1cc(C(N)=O)n(CCn2ccc(-c3ccc(C#N)c(Cl)c3)n2)n1. The van der Waals surface area contributed by atoms with Gasteiger partial charge in [-0.3, -0.25) is 19.0 Å². The van der Waals surface area contributed by atoms with Crippen molar-refractivity contribution in [3.05, 3.63) is 58.5 Å². The highest BCUT2D eigenvalue weighted by Crippen LogP contribution is 2.24. The van der Waals surface area contributed by atoms with E-state index in [0.29, 0.717) is 29.4 Å². The summed E-state index contributed by atoms with van der Waals surface area (Å²) in [7, 11) is 0. The van der Waals surface area contributed by atoms with Crippen molar-refractivity contribution in [3.63, 3.8) is 0 Å². The van der Waals surface area contributed by atoms with Crippen LogP contribution in [0.15, 0.2) is 36.5 Å². The monoisotopic (exact) mass is 382 g/mol. The molecule has 0 spiro atoms. The number of benzene rings is 1. The molecule has 0 aliphatic carbocycles. The number of nitrogens with zero attached hydrogens (tertiary/aromatic N) is 5. The summed E-state index contributed by atoms with van der Waals surface area (Å²) in [5.74, 6) is -0.890. The van der Waals surface area contributed by atoms with Gasteiger partial charge >= 0.3 is 0 Å². The van der Waals surface area contributed by atoms with Crippen molar-refractivity contribution >= 4 is 23.3 Å². The molecular weight excluding hydrogens is 368 g/mol. The highest BCUT2D eigenvalue weighted by Gasteiger charge is 2.15. The number of hydrogen-bond donors (Lipinski definition) is 1. The molecule has 1 amide bonds. The Morgan fingerprint density at radius 1 is 1.22 bits per heavy atom. The summed E-state index contributed by atoms with van der Waals surface area (Å²) in [5, 5.41) is 17.9. The van der Waals surface area contributed by atoms with Crippen molar-refractivity contribution in [2.75, 3.05) is 0 Å². The zero-order chi connectivity index (χ0) is 19.6. The van der Waals surface area contributed by atoms with E-state index in [1.807, 2.05) is 12.1 Å². The Bertz CT molecular complexity index is 1080. The number of ketones is 1. The minimum atomic E-state index is -0.650. The average molecular weight is 383 g/mol. The van der Waals surface area contributed by atoms with Gasteiger partial charge in [-0.05, 0) is 18.2 Å². The summed E-state index contributed by atoms with van der Waals surface area (Å²) >= 11 is 6.06. The molecule has 0 aliphatic rings. The summed E-state index contributed by atoms with van der Waals surface area (Å²) in [4.78, 5) is 23.0. The van der Waals surface area contributed by atoms with Crippen LogP contribution >= 0.6 is 11.6 Å². The van der Waals surface area contributed by atoms with Crippen LogP contribution in [0.2, 0.25) is 5.02 Å². The van der Waals surface area contributed by atoms with E-state index in [1.165, 1.54) is 17.7 Å². The first-order valence-electron chi connectivity index (χ1n) is 8.01. The second-order valence-corrected chi connectivity index (χ2v) is 6.24. The molecule has 0 saturated carbocycles. The van der Waals surface area contributed by atoms with Crippen molar-refractivity contribution in [1.29, 1.82) is 5.26 Å². The third kappa shape index (κ3) is 3.88. The first kappa shape index (κ1) is 18.4. The lowest BCUT2D eigenvalue weighted by Gasteiger charge is -2.05. The molecule has 2 N–H and O–H groups in total. The average Bonchev–Trinajstić information content (AvgIpc) is 3.27. The molecule has 1 aromatic carbocycles. The zero-order valence-electron chi connectivity index (χ0n) is 14.4. The van der Waals surface area contributed by atoms with Gasteiger partial charge in [0.05, 0.1) is 29.4 Å². The Hall–Kier alpha value is -3.44. The minimum absolute atomic E-state index is 0.173. The smallest absolute Gasteiger partial charge is 0.267 e. The summed E-state index contributed by atoms with van der Waals surface area (Å²) in [6.07, 6.45) is 1.78. The van der Waals surface area contributed by atoms with E-state index in [-0.39, 0.29) is 17.2 Å². The summed E-state index contributed by atoms with van der Waals surface area (Å²) < 4.78 is 3.08. The fraction of sp³-hybridized carbons (Fsp3) is 0.167. The van der Waals surface area contributed by atoms with E-state index in [9.17, 15) is 9.59 Å². The van der Waals surface area contributed by atoms with Crippen LogP contribution in [0, 0.1) is 11.3 Å². The summed E-state index contributed by atoms with van der Waals surface area (Å²) in [5.41, 5.74) is 7.59. The molecule has 2 heterocycles. The Morgan fingerprint density at radius 2 is 2.00 bits per heavy atom. The number of hydrogen-bond acceptors (Lipinski definition) is 5. The molecule has 0 atom stereocenters. The van der Waals surface area contributed by atoms with E-state index in [0.717, 1.165) is 5.56 Å². The van der Waals surface area contributed by atoms with E-state index in [4.69, 9.17) is 22.6 Å². The molecule has 8 nitrogen and oxygen atoms in total. The van der Waals surface area contributed by atoms with Gasteiger partial charge in [0, 0.05) is 24.8 Å². The molecular formula is C18H15ClN6O2. The first-order chi connectivity index (χ1) is 12.9. The number of carbonyl (C=O) groups excluding carboxylic acids is 2. The van der Waals surface area contributed by atoms with Crippen LogP contribution in [-0.4, -0.2) is 31.3 Å². The molecule has 0 fully saturated rings. The number of aromatic nitrogens is 4. The van der Waals surface area contributed by atoms with Crippen molar-refractivity contribution in [2.24, 2.45) is 5.73 Å². The largest absolute Gasteiger partial charge is 0.364 e. The number of rotatable bonds is 6. The predicted molar refractivity (Wildman–Crippen MR) is 98.1 cm³/mol. The first-order valence-corrected chi connectivity index (χ1v) is 8.39. The molecule has 3 rings (SSSR count). The standard InChI is InChI=1S/C18H15ClN6O2/c1-11(26)16-9-17(18(21)27)25(23-16)7-6-24-5-4-15(22-24)12-2-3-13(10-20)14(19)8-12/h2-5,8-9H,6-7H2,1H3,(H2,21,27). The molecule has 9 heteroatoms. The summed E-state index contributed by atoms with van der Waals surface area (Å²) in [6.45, 7) is 2.12. The number of amides is 1. The van der Waals surface area contributed by atoms with E-state index in [2.05, 4.69) is 10.2 Å². The predicted octanol–water partition coefficient (Wildman–Crippen LogP) is 2.27. The van der Waals surface area contributed by atoms with Gasteiger partial charge in [0.25, 0.3) is 5.91 Å². The Balaban J connectivity index is 1.77. The Labute approximate surface area is 159 Å². The lowest BCUT2D eigenvalue weighted by atomic mass is 10.1. The maximum absolute atomic E-state index is 11.5. The third-order valence-corrected chi connectivity index (χ3v) is 4.27. The second kappa shape index (κ2) is 7.43. The molecule has 2 aromatic heterocycles. The fourth-order valence-corrected chi connectivity index (χ4v) is 2.78. The molecule has 0 unspecified atom stereocenters. The second-order valence-electron chi connectivity index (χ2n) is 5.83. The van der Waals surface area contributed by atoms with Crippen LogP contribution in [0.3, 0.4) is 0 Å². The van der Waals surface area contributed by atoms with E-state index < -0.39 is 5.91 Å². The molecule has 0 saturated heterocycles. The van der Waals surface area contributed by atoms with Crippen LogP contribution in [0.25, 0.3) is 11.3 Å². The Morgan fingerprint density at radius 3 is 2.63 bits per heavy atom. The van der Waals surface area contributed by atoms with Crippen LogP contribution in [0.1, 0.15) is 33.5 Å². The molecule has 0 bridgehead atoms. The molecule has 27 heavy (non-hydrogen) atoms. The van der Waals surface area contributed by atoms with Crippen LogP contribution in [-0.2, 0) is 13.1 Å². The van der Waals surface area contributed by atoms with Crippen molar-refractivity contribution in [3.8, 4) is 17.3 Å². The van der Waals surface area contributed by atoms with E-state index >= 15 is 0 Å². The number of aryl methyl sites for hydroxylation is 2. The van der Waals surface area contributed by atoms with Gasteiger partial charge in [-0.15, -0.1) is 0 Å². The highest BCUT2D eigenvalue weighted by molar-refractivity contribution is 6.32. The number of halogens is 1. The van der Waals surface area contributed by atoms with Gasteiger partial charge in [0.2, 0.25) is 0 Å². The molecule has 3 aromatic rings. The fourth-order valence-electron chi connectivity index (χ4n) is 2.56. The lowest BCUT2D eigenvalue weighted by molar-refractivity contribution is 0.0986. The maximum Gasteiger partial charge on any atom is 0.267 e. The molecule has 0 radical (unpaired) electrons. The third-order valence-electron chi connectivity index (χ3n) is 3.96. The van der Waals surface area contributed by atoms with Crippen LogP contribution in [0.4, 0.5) is 0 Å². The maximum atomic E-state index is 11.5. The molecule has 136 valence electrons. The minimum Gasteiger partial charge on any atom is -0.364 e. The lowest BCUT2D eigenvalue weighted by Crippen LogP contribution is -2.19. The summed E-state index contributed by atoms with van der Waals surface area (Å²) in [6, 6.07) is 10.3. The topological polar surface area (TPSA) is 120 Å². The Kier molecular flexibility index (Phi) is 5.05. The van der Waals surface area contributed by atoms with E-state index in [1.54, 1.807) is 29.1 Å². The van der Waals surface area contributed by atoms with Crippen molar-refractivity contribution in [1.82, 2.24) is 19.6 Å². The number of primary amides is 1. The molecule has 0 aliphatic heterocycles. The van der Waals surface area contributed by atoms with Crippen molar-refractivity contribution in [2.45, 2.75) is 20.0 Å². The van der Waals surface area contributed by atoms with Gasteiger partial charge in [-0.2, -0.15) is 15.5 Å². The number of Topliss-reactive ketones (excluding diaryl/α,β-unsaturated/α-hetero) is 1. The van der Waals surface area contributed by atoms with Crippen LogP contribution < -0.4 is 5.73 Å². The van der Waals surface area contributed by atoms with Gasteiger partial charge in [0.1, 0.15) is 17.5 Å². The van der Waals surface area contributed by atoms with Gasteiger partial charge in [0.15, 0.2) is 5.78 Å². The van der Waals surface area contributed by atoms with Gasteiger partial charge in [-0.25, -0.2) is 0 Å². The van der Waals surface area contributed by atoms with Gasteiger partial charge < -0.3 is 5.73 Å². The number of carbonyl (C=O) groups is 2. The zero-order valence-corrected chi connectivity index (χ0v) is 15.1. The normalized spacial score (nSPS) is 10.6. The quantitative estimate of drug-likeness (QED) is 0.655. The highest BCUT2D eigenvalue weighted by atomic mass is 35.5. The van der Waals surface area contributed by atoms with Gasteiger partial charge in [-0.1, -0.05) is 17.7 Å².